The number of carboxylic acid groups (broad SMARTS) is 1. The van der Waals surface area contributed by atoms with Crippen molar-refractivity contribution in [1.82, 2.24) is 9.55 Å². The highest BCUT2D eigenvalue weighted by atomic mass is 19.4. The van der Waals surface area contributed by atoms with E-state index in [2.05, 4.69) is 6.92 Å². The quantitative estimate of drug-likeness (QED) is 0.305. The van der Waals surface area contributed by atoms with E-state index in [-0.39, 0.29) is 11.3 Å². The Balaban J connectivity index is 1.83. The first-order chi connectivity index (χ1) is 17.1. The predicted octanol–water partition coefficient (Wildman–Crippen LogP) is 6.54. The van der Waals surface area contributed by atoms with Crippen molar-refractivity contribution in [2.24, 2.45) is 0 Å². The van der Waals surface area contributed by atoms with Gasteiger partial charge < -0.3 is 10.4 Å². The van der Waals surface area contributed by atoms with E-state index >= 15 is 0 Å². The van der Waals surface area contributed by atoms with Crippen LogP contribution in [0.25, 0.3) is 27.8 Å². The Kier molecular flexibility index (Phi) is 6.83. The average Bonchev–Trinajstić information content (AvgIpc) is 3.19. The molecule has 3 aromatic carbocycles. The number of fused-ring (bicyclic) bond motifs is 1. The van der Waals surface area contributed by atoms with E-state index in [0.717, 1.165) is 35.5 Å². The number of carbonyl (C=O) groups is 2. The Labute approximate surface area is 205 Å². The van der Waals surface area contributed by atoms with Crippen molar-refractivity contribution in [2.45, 2.75) is 39.3 Å². The Hall–Kier alpha value is -4.14. The number of amides is 1. The number of imidazole rings is 1. The van der Waals surface area contributed by atoms with Gasteiger partial charge in [-0.2, -0.15) is 13.2 Å². The van der Waals surface area contributed by atoms with Gasteiger partial charge >= 0.3 is 18.1 Å². The number of carboxylic acids is 1. The maximum atomic E-state index is 12.8. The van der Waals surface area contributed by atoms with Crippen LogP contribution in [0.4, 0.5) is 18.9 Å². The number of hydrogen-bond acceptors (Lipinski definition) is 3. The third-order valence-electron chi connectivity index (χ3n) is 5.91. The minimum atomic E-state index is -5.00. The Morgan fingerprint density at radius 1 is 1.03 bits per heavy atom. The summed E-state index contributed by atoms with van der Waals surface area (Å²) < 4.78 is 40.2. The number of nitrogens with zero attached hydrogens (tertiary/aromatic N) is 2. The van der Waals surface area contributed by atoms with Crippen molar-refractivity contribution >= 4 is 28.6 Å². The summed E-state index contributed by atoms with van der Waals surface area (Å²) in [6.07, 6.45) is -2.55. The Morgan fingerprint density at radius 3 is 2.44 bits per heavy atom. The molecule has 0 fully saturated rings. The van der Waals surface area contributed by atoms with E-state index in [1.165, 1.54) is 12.1 Å². The van der Waals surface area contributed by atoms with Crippen LogP contribution < -0.4 is 5.32 Å². The lowest BCUT2D eigenvalue weighted by Gasteiger charge is -2.15. The van der Waals surface area contributed by atoms with Crippen molar-refractivity contribution in [3.05, 3.63) is 77.6 Å². The first-order valence-electron chi connectivity index (χ1n) is 11.4. The monoisotopic (exact) mass is 495 g/mol. The number of hydrogen-bond donors (Lipinski definition) is 2. The van der Waals surface area contributed by atoms with Gasteiger partial charge in [0.2, 0.25) is 0 Å². The molecule has 0 saturated heterocycles. The lowest BCUT2D eigenvalue weighted by atomic mass is 9.95. The van der Waals surface area contributed by atoms with E-state index in [1.54, 1.807) is 30.3 Å². The second-order valence-electron chi connectivity index (χ2n) is 8.47. The van der Waals surface area contributed by atoms with Crippen LogP contribution in [0.2, 0.25) is 0 Å². The van der Waals surface area contributed by atoms with Gasteiger partial charge in [-0.25, -0.2) is 9.78 Å². The molecular formula is C27H24F3N3O3. The second-order valence-corrected chi connectivity index (χ2v) is 8.47. The topological polar surface area (TPSA) is 84.2 Å². The number of rotatable bonds is 7. The molecule has 0 saturated carbocycles. The number of aromatic carboxylic acids is 1. The van der Waals surface area contributed by atoms with Crippen molar-refractivity contribution in [1.29, 1.82) is 0 Å². The van der Waals surface area contributed by atoms with E-state index in [4.69, 9.17) is 4.98 Å². The van der Waals surface area contributed by atoms with Crippen molar-refractivity contribution in [3.63, 3.8) is 0 Å². The molecule has 0 aliphatic rings. The van der Waals surface area contributed by atoms with Gasteiger partial charge in [0, 0.05) is 17.8 Å². The zero-order chi connectivity index (χ0) is 26.0. The highest BCUT2D eigenvalue weighted by Gasteiger charge is 2.38. The minimum Gasteiger partial charge on any atom is -0.478 e. The van der Waals surface area contributed by atoms with Gasteiger partial charge in [-0.15, -0.1) is 0 Å². The Bertz CT molecular complexity index is 1460. The summed E-state index contributed by atoms with van der Waals surface area (Å²) in [4.78, 5) is 27.9. The van der Waals surface area contributed by atoms with Crippen LogP contribution in [0.15, 0.2) is 60.7 Å². The van der Waals surface area contributed by atoms with Crippen LogP contribution in [-0.2, 0) is 11.2 Å². The molecule has 4 rings (SSSR count). The molecule has 6 nitrogen and oxygen atoms in total. The zero-order valence-corrected chi connectivity index (χ0v) is 19.7. The van der Waals surface area contributed by atoms with Crippen LogP contribution in [-0.4, -0.2) is 32.7 Å². The molecule has 0 unspecified atom stereocenters. The lowest BCUT2D eigenvalue weighted by Crippen LogP contribution is -2.29. The summed E-state index contributed by atoms with van der Waals surface area (Å²) >= 11 is 0. The normalized spacial score (nSPS) is 11.6. The summed E-state index contributed by atoms with van der Waals surface area (Å²) in [5, 5.41) is 11.5. The summed E-state index contributed by atoms with van der Waals surface area (Å²) in [7, 11) is 0. The smallest absolute Gasteiger partial charge is 0.471 e. The molecule has 2 N–H and O–H groups in total. The standard InChI is InChI=1S/C27H24F3N3O3/c1-3-4-9-24-32-22-13-10-17(31-26(36)27(28,29)30)15-23(22)33(24)18-11-12-19(16(2)14-18)20-7-5-6-8-21(20)25(34)35/h5-8,10-15H,3-4,9H2,1-2H3,(H,31,36)(H,34,35). The summed E-state index contributed by atoms with van der Waals surface area (Å²) in [6.45, 7) is 3.92. The molecule has 0 spiro atoms. The van der Waals surface area contributed by atoms with Gasteiger partial charge in [-0.3, -0.25) is 9.36 Å². The zero-order valence-electron chi connectivity index (χ0n) is 19.7. The van der Waals surface area contributed by atoms with Crippen LogP contribution >= 0.6 is 0 Å². The van der Waals surface area contributed by atoms with Crippen molar-refractivity contribution < 1.29 is 27.9 Å². The summed E-state index contributed by atoms with van der Waals surface area (Å²) in [5.41, 5.74) is 4.25. The van der Waals surface area contributed by atoms with Crippen molar-refractivity contribution in [2.75, 3.05) is 5.32 Å². The first kappa shape index (κ1) is 25.0. The molecule has 0 atom stereocenters. The second kappa shape index (κ2) is 9.85. The van der Waals surface area contributed by atoms with E-state index in [9.17, 15) is 27.9 Å². The molecule has 0 aliphatic carbocycles. The van der Waals surface area contributed by atoms with Gasteiger partial charge in [0.25, 0.3) is 0 Å². The number of anilines is 1. The van der Waals surface area contributed by atoms with Gasteiger partial charge in [0.1, 0.15) is 5.82 Å². The molecule has 36 heavy (non-hydrogen) atoms. The maximum Gasteiger partial charge on any atom is 0.471 e. The fourth-order valence-electron chi connectivity index (χ4n) is 4.19. The fourth-order valence-corrected chi connectivity index (χ4v) is 4.19. The van der Waals surface area contributed by atoms with Gasteiger partial charge in [-0.05, 0) is 66.4 Å². The van der Waals surface area contributed by atoms with Gasteiger partial charge in [-0.1, -0.05) is 37.6 Å². The van der Waals surface area contributed by atoms with E-state index in [0.29, 0.717) is 23.0 Å². The molecule has 0 aliphatic heterocycles. The fraction of sp³-hybridized carbons (Fsp3) is 0.222. The number of aromatic nitrogens is 2. The molecule has 1 amide bonds. The first-order valence-corrected chi connectivity index (χ1v) is 11.4. The number of halogens is 3. The van der Waals surface area contributed by atoms with Crippen molar-refractivity contribution in [3.8, 4) is 16.8 Å². The maximum absolute atomic E-state index is 12.8. The highest BCUT2D eigenvalue weighted by molar-refractivity contribution is 5.97. The number of alkyl halides is 3. The molecule has 186 valence electrons. The summed E-state index contributed by atoms with van der Waals surface area (Å²) in [6, 6.07) is 16.8. The number of aryl methyl sites for hydroxylation is 2. The average molecular weight is 496 g/mol. The lowest BCUT2D eigenvalue weighted by molar-refractivity contribution is -0.167. The van der Waals surface area contributed by atoms with Crippen LogP contribution in [0, 0.1) is 6.92 Å². The van der Waals surface area contributed by atoms with Gasteiger partial charge in [0.15, 0.2) is 0 Å². The molecule has 0 bridgehead atoms. The molecule has 4 aromatic rings. The molecule has 1 heterocycles. The van der Waals surface area contributed by atoms with Gasteiger partial charge in [0.05, 0.1) is 16.6 Å². The molecule has 0 radical (unpaired) electrons. The highest BCUT2D eigenvalue weighted by Crippen LogP contribution is 2.32. The largest absolute Gasteiger partial charge is 0.478 e. The summed E-state index contributed by atoms with van der Waals surface area (Å²) in [5.74, 6) is -2.33. The minimum absolute atomic E-state index is 0.0109. The molecule has 1 aromatic heterocycles. The Morgan fingerprint density at radius 2 is 1.78 bits per heavy atom. The number of nitrogens with one attached hydrogen (secondary N) is 1. The number of carbonyl (C=O) groups excluding carboxylic acids is 1. The third-order valence-corrected chi connectivity index (χ3v) is 5.91. The van der Waals surface area contributed by atoms with Crippen LogP contribution in [0.1, 0.15) is 41.5 Å². The SMILES string of the molecule is CCCCc1nc2ccc(NC(=O)C(F)(F)F)cc2n1-c1ccc(-c2ccccc2C(=O)O)c(C)c1. The third kappa shape index (κ3) is 4.95. The molecule has 9 heteroatoms. The van der Waals surface area contributed by atoms with E-state index in [1.807, 2.05) is 35.0 Å². The number of unbranched alkanes of at least 4 members (excludes halogenated alkanes) is 1. The molecular weight excluding hydrogens is 471 g/mol. The van der Waals surface area contributed by atoms with E-state index < -0.39 is 18.1 Å². The predicted molar refractivity (Wildman–Crippen MR) is 131 cm³/mol. The van der Waals surface area contributed by atoms with Crippen LogP contribution in [0.5, 0.6) is 0 Å². The van der Waals surface area contributed by atoms with Crippen LogP contribution in [0.3, 0.4) is 0 Å². The number of benzene rings is 3.